The lowest BCUT2D eigenvalue weighted by atomic mass is 9.72. The monoisotopic (exact) mass is 392 g/mol. The van der Waals surface area contributed by atoms with E-state index in [1.54, 1.807) is 0 Å². The van der Waals surface area contributed by atoms with Crippen LogP contribution < -0.4 is 10.1 Å². The number of amides is 1. The Kier molecular flexibility index (Phi) is 4.66. The van der Waals surface area contributed by atoms with Crippen LogP contribution in [0.4, 0.5) is 0 Å². The van der Waals surface area contributed by atoms with E-state index in [4.69, 9.17) is 16.3 Å². The van der Waals surface area contributed by atoms with Gasteiger partial charge in [0, 0.05) is 11.6 Å². The number of hydrogen-bond acceptors (Lipinski definition) is 4. The SMILES string of the molecule is CCOc1c(Cl)ccc2cc(C(=O)N[C@@H]3C4CCN(CC4)C3(C)C)sc12. The van der Waals surface area contributed by atoms with Crippen molar-refractivity contribution in [2.24, 2.45) is 5.92 Å². The fourth-order valence-corrected chi connectivity index (χ4v) is 5.87. The number of hydrogen-bond donors (Lipinski definition) is 1. The van der Waals surface area contributed by atoms with E-state index in [1.165, 1.54) is 24.2 Å². The zero-order chi connectivity index (χ0) is 18.5. The number of carbonyl (C=O) groups is 1. The molecule has 6 heteroatoms. The molecule has 140 valence electrons. The summed E-state index contributed by atoms with van der Waals surface area (Å²) in [7, 11) is 0. The first-order valence-electron chi connectivity index (χ1n) is 9.32. The molecular weight excluding hydrogens is 368 g/mol. The molecule has 0 saturated carbocycles. The summed E-state index contributed by atoms with van der Waals surface area (Å²) in [6.45, 7) is 9.27. The fourth-order valence-electron chi connectivity index (χ4n) is 4.53. The summed E-state index contributed by atoms with van der Waals surface area (Å²) in [5.74, 6) is 1.26. The Hall–Kier alpha value is -1.30. The Morgan fingerprint density at radius 2 is 2.12 bits per heavy atom. The van der Waals surface area contributed by atoms with Crippen LogP contribution in [-0.2, 0) is 0 Å². The molecule has 3 aliphatic heterocycles. The smallest absolute Gasteiger partial charge is 0.261 e. The highest BCUT2D eigenvalue weighted by atomic mass is 35.5. The van der Waals surface area contributed by atoms with Gasteiger partial charge in [-0.15, -0.1) is 11.3 Å². The minimum absolute atomic E-state index is 0.00724. The van der Waals surface area contributed by atoms with Gasteiger partial charge in [-0.2, -0.15) is 0 Å². The molecule has 1 amide bonds. The molecule has 0 unspecified atom stereocenters. The summed E-state index contributed by atoms with van der Waals surface area (Å²) in [5, 5.41) is 4.93. The Morgan fingerprint density at radius 3 is 2.77 bits per heavy atom. The van der Waals surface area contributed by atoms with Gasteiger partial charge < -0.3 is 10.1 Å². The summed E-state index contributed by atoms with van der Waals surface area (Å²) >= 11 is 7.74. The molecule has 3 aliphatic rings. The lowest BCUT2D eigenvalue weighted by molar-refractivity contribution is -0.0377. The van der Waals surface area contributed by atoms with Crippen LogP contribution in [-0.4, -0.2) is 42.1 Å². The number of benzene rings is 1. The predicted octanol–water partition coefficient (Wildman–Crippen LogP) is 4.56. The molecule has 3 fully saturated rings. The zero-order valence-electron chi connectivity index (χ0n) is 15.5. The number of piperidine rings is 3. The van der Waals surface area contributed by atoms with Gasteiger partial charge in [-0.3, -0.25) is 9.69 Å². The highest BCUT2D eigenvalue weighted by Crippen LogP contribution is 2.41. The largest absolute Gasteiger partial charge is 0.491 e. The number of thiophene rings is 1. The lowest BCUT2D eigenvalue weighted by Crippen LogP contribution is -2.69. The second-order valence-corrected chi connectivity index (χ2v) is 9.23. The second kappa shape index (κ2) is 6.70. The van der Waals surface area contributed by atoms with Crippen molar-refractivity contribution in [1.29, 1.82) is 0 Å². The summed E-state index contributed by atoms with van der Waals surface area (Å²) in [6.07, 6.45) is 2.34. The van der Waals surface area contributed by atoms with Crippen molar-refractivity contribution in [3.05, 3.63) is 28.1 Å². The van der Waals surface area contributed by atoms with Gasteiger partial charge in [-0.05, 0) is 70.1 Å². The van der Waals surface area contributed by atoms with Crippen molar-refractivity contribution in [2.75, 3.05) is 19.7 Å². The third kappa shape index (κ3) is 2.90. The molecule has 1 N–H and O–H groups in total. The van der Waals surface area contributed by atoms with E-state index in [0.717, 1.165) is 28.1 Å². The van der Waals surface area contributed by atoms with Crippen LogP contribution >= 0.6 is 22.9 Å². The molecule has 4 nitrogen and oxygen atoms in total. The van der Waals surface area contributed by atoms with Gasteiger partial charge in [-0.25, -0.2) is 0 Å². The van der Waals surface area contributed by atoms with Gasteiger partial charge in [0.25, 0.3) is 5.91 Å². The van der Waals surface area contributed by atoms with Crippen molar-refractivity contribution in [3.63, 3.8) is 0 Å². The van der Waals surface area contributed by atoms with E-state index in [1.807, 2.05) is 25.1 Å². The second-order valence-electron chi connectivity index (χ2n) is 7.77. The first kappa shape index (κ1) is 18.1. The first-order valence-corrected chi connectivity index (χ1v) is 10.5. The quantitative estimate of drug-likeness (QED) is 0.829. The third-order valence-corrected chi connectivity index (χ3v) is 7.43. The van der Waals surface area contributed by atoms with E-state index < -0.39 is 0 Å². The molecule has 0 spiro atoms. The highest BCUT2D eigenvalue weighted by Gasteiger charge is 2.48. The van der Waals surface area contributed by atoms with Crippen LogP contribution in [0.5, 0.6) is 5.75 Å². The number of rotatable bonds is 4. The van der Waals surface area contributed by atoms with Crippen molar-refractivity contribution in [3.8, 4) is 5.75 Å². The van der Waals surface area contributed by atoms with Crippen molar-refractivity contribution >= 4 is 38.9 Å². The number of nitrogens with one attached hydrogen (secondary N) is 1. The molecule has 2 bridgehead atoms. The highest BCUT2D eigenvalue weighted by molar-refractivity contribution is 7.21. The van der Waals surface area contributed by atoms with Gasteiger partial charge in [0.05, 0.1) is 21.2 Å². The Morgan fingerprint density at radius 1 is 1.38 bits per heavy atom. The van der Waals surface area contributed by atoms with E-state index in [2.05, 4.69) is 24.1 Å². The number of ether oxygens (including phenoxy) is 1. The van der Waals surface area contributed by atoms with Crippen LogP contribution in [0.3, 0.4) is 0 Å². The molecule has 1 aromatic carbocycles. The molecule has 5 rings (SSSR count). The number of carbonyl (C=O) groups excluding carboxylic acids is 1. The van der Waals surface area contributed by atoms with Crippen molar-refractivity contribution in [1.82, 2.24) is 10.2 Å². The van der Waals surface area contributed by atoms with Crippen LogP contribution in [0.1, 0.15) is 43.3 Å². The maximum Gasteiger partial charge on any atom is 0.261 e. The van der Waals surface area contributed by atoms with Gasteiger partial charge >= 0.3 is 0 Å². The van der Waals surface area contributed by atoms with E-state index in [0.29, 0.717) is 23.3 Å². The number of halogens is 1. The molecule has 0 radical (unpaired) electrons. The zero-order valence-corrected chi connectivity index (χ0v) is 17.0. The van der Waals surface area contributed by atoms with Crippen LogP contribution in [0.15, 0.2) is 18.2 Å². The summed E-state index contributed by atoms with van der Waals surface area (Å²) in [6, 6.07) is 5.92. The normalized spacial score (nSPS) is 26.8. The minimum Gasteiger partial charge on any atom is -0.491 e. The number of fused-ring (bicyclic) bond motifs is 4. The molecule has 1 atom stereocenters. The predicted molar refractivity (Wildman–Crippen MR) is 108 cm³/mol. The third-order valence-electron chi connectivity index (χ3n) is 5.98. The average molecular weight is 393 g/mol. The maximum atomic E-state index is 13.0. The van der Waals surface area contributed by atoms with E-state index in [9.17, 15) is 4.79 Å². The minimum atomic E-state index is 0.00724. The summed E-state index contributed by atoms with van der Waals surface area (Å²) < 4.78 is 6.65. The fraction of sp³-hybridized carbons (Fsp3) is 0.550. The van der Waals surface area contributed by atoms with Crippen molar-refractivity contribution in [2.45, 2.75) is 45.2 Å². The van der Waals surface area contributed by atoms with Gasteiger partial charge in [0.1, 0.15) is 0 Å². The number of nitrogens with zero attached hydrogens (tertiary/aromatic N) is 1. The summed E-state index contributed by atoms with van der Waals surface area (Å²) in [4.78, 5) is 16.2. The standard InChI is InChI=1S/C20H25ClN2O2S/c1-4-25-16-14(21)6-5-13-11-15(26-17(13)16)19(24)22-18-12-7-9-23(10-8-12)20(18,2)3/h5-6,11-12,18H,4,7-10H2,1-3H3,(H,22,24)/t18-/m1/s1. The van der Waals surface area contributed by atoms with Crippen molar-refractivity contribution < 1.29 is 9.53 Å². The van der Waals surface area contributed by atoms with Crippen LogP contribution in [0, 0.1) is 5.92 Å². The van der Waals surface area contributed by atoms with Crippen LogP contribution in [0.2, 0.25) is 5.02 Å². The molecule has 4 heterocycles. The van der Waals surface area contributed by atoms with Gasteiger partial charge in [0.15, 0.2) is 5.75 Å². The Balaban J connectivity index is 1.62. The molecule has 26 heavy (non-hydrogen) atoms. The topological polar surface area (TPSA) is 41.6 Å². The molecule has 2 aromatic rings. The molecule has 0 aliphatic carbocycles. The molecule has 3 saturated heterocycles. The maximum absolute atomic E-state index is 13.0. The average Bonchev–Trinajstić information content (AvgIpc) is 3.05. The van der Waals surface area contributed by atoms with Gasteiger partial charge in [-0.1, -0.05) is 17.7 Å². The first-order chi connectivity index (χ1) is 12.4. The van der Waals surface area contributed by atoms with Gasteiger partial charge in [0.2, 0.25) is 0 Å². The Bertz CT molecular complexity index is 840. The Labute approximate surface area is 163 Å². The molecule has 1 aromatic heterocycles. The lowest BCUT2D eigenvalue weighted by Gasteiger charge is -2.56. The molecular formula is C20H25ClN2O2S. The van der Waals surface area contributed by atoms with E-state index >= 15 is 0 Å². The van der Waals surface area contributed by atoms with E-state index in [-0.39, 0.29) is 17.5 Å². The summed E-state index contributed by atoms with van der Waals surface area (Å²) in [5.41, 5.74) is 0.00724. The van der Waals surface area contributed by atoms with Crippen LogP contribution in [0.25, 0.3) is 10.1 Å².